The molecule has 0 unspecified atom stereocenters. The molecule has 0 saturated carbocycles. The molecular weight excluding hydrogens is 381 g/mol. The standard InChI is InChI=1S/C25H22FNO3/c1-16-22(29-15-18-6-4-5-7-21(18)26)13-12-20-24(28)23(30-25(16)20)14-17-8-10-19(11-9-17)27(2)3/h4-14H,15H2,1-3H3/b23-14-. The van der Waals surface area contributed by atoms with E-state index in [9.17, 15) is 9.18 Å². The number of nitrogens with zero attached hydrogens (tertiary/aromatic N) is 1. The van der Waals surface area contributed by atoms with Crippen LogP contribution in [0.5, 0.6) is 11.5 Å². The minimum atomic E-state index is -0.312. The number of ether oxygens (including phenoxy) is 2. The van der Waals surface area contributed by atoms with Gasteiger partial charge in [0, 0.05) is 30.9 Å². The van der Waals surface area contributed by atoms with Crippen molar-refractivity contribution in [2.24, 2.45) is 0 Å². The van der Waals surface area contributed by atoms with Crippen LogP contribution in [0.25, 0.3) is 6.08 Å². The lowest BCUT2D eigenvalue weighted by atomic mass is 10.1. The molecule has 0 bridgehead atoms. The van der Waals surface area contributed by atoms with Crippen molar-refractivity contribution in [3.8, 4) is 11.5 Å². The molecule has 0 N–H and O–H groups in total. The van der Waals surface area contributed by atoms with Gasteiger partial charge in [0.25, 0.3) is 0 Å². The number of carbonyl (C=O) groups is 1. The maximum atomic E-state index is 13.8. The fourth-order valence-electron chi connectivity index (χ4n) is 3.32. The first-order chi connectivity index (χ1) is 14.4. The zero-order chi connectivity index (χ0) is 21.3. The van der Waals surface area contributed by atoms with Gasteiger partial charge in [0.05, 0.1) is 5.56 Å². The third-order valence-corrected chi connectivity index (χ3v) is 5.08. The predicted octanol–water partition coefficient (Wildman–Crippen LogP) is 5.40. The summed E-state index contributed by atoms with van der Waals surface area (Å²) in [6, 6.07) is 17.8. The van der Waals surface area contributed by atoms with Crippen molar-refractivity contribution >= 4 is 17.5 Å². The fraction of sp³-hybridized carbons (Fsp3) is 0.160. The predicted molar refractivity (Wildman–Crippen MR) is 116 cm³/mol. The maximum absolute atomic E-state index is 13.8. The molecule has 0 spiro atoms. The van der Waals surface area contributed by atoms with Gasteiger partial charge >= 0.3 is 0 Å². The lowest BCUT2D eigenvalue weighted by molar-refractivity contribution is 0.101. The number of Topliss-reactive ketones (excluding diaryl/α,β-unsaturated/α-hetero) is 1. The van der Waals surface area contributed by atoms with E-state index in [0.29, 0.717) is 28.2 Å². The summed E-state index contributed by atoms with van der Waals surface area (Å²) in [6.07, 6.45) is 1.74. The van der Waals surface area contributed by atoms with Gasteiger partial charge in [0.1, 0.15) is 23.9 Å². The van der Waals surface area contributed by atoms with Gasteiger partial charge in [-0.1, -0.05) is 30.3 Å². The molecule has 30 heavy (non-hydrogen) atoms. The number of hydrogen-bond donors (Lipinski definition) is 0. The van der Waals surface area contributed by atoms with Crippen molar-refractivity contribution in [2.45, 2.75) is 13.5 Å². The van der Waals surface area contributed by atoms with Crippen molar-refractivity contribution in [1.82, 2.24) is 0 Å². The van der Waals surface area contributed by atoms with Gasteiger partial charge in [-0.05, 0) is 48.9 Å². The molecule has 0 aliphatic carbocycles. The van der Waals surface area contributed by atoms with Crippen molar-refractivity contribution in [1.29, 1.82) is 0 Å². The molecule has 0 saturated heterocycles. The molecule has 5 heteroatoms. The van der Waals surface area contributed by atoms with Crippen molar-refractivity contribution in [2.75, 3.05) is 19.0 Å². The first kappa shape index (κ1) is 19.7. The average Bonchev–Trinajstić information content (AvgIpc) is 3.05. The van der Waals surface area contributed by atoms with E-state index >= 15 is 0 Å². The third kappa shape index (κ3) is 3.79. The van der Waals surface area contributed by atoms with Crippen molar-refractivity contribution < 1.29 is 18.7 Å². The Hall–Kier alpha value is -3.60. The van der Waals surface area contributed by atoms with Crippen molar-refractivity contribution in [3.05, 3.63) is 94.5 Å². The van der Waals surface area contributed by atoms with E-state index in [1.807, 2.05) is 50.2 Å². The van der Waals surface area contributed by atoms with E-state index in [-0.39, 0.29) is 24.0 Å². The molecule has 3 aromatic carbocycles. The quantitative estimate of drug-likeness (QED) is 0.535. The molecule has 4 nitrogen and oxygen atoms in total. The zero-order valence-corrected chi connectivity index (χ0v) is 17.1. The second-order valence-electron chi connectivity index (χ2n) is 7.37. The second kappa shape index (κ2) is 8.03. The van der Waals surface area contributed by atoms with Gasteiger partial charge in [0.15, 0.2) is 5.76 Å². The maximum Gasteiger partial charge on any atom is 0.231 e. The van der Waals surface area contributed by atoms with E-state index in [2.05, 4.69) is 0 Å². The van der Waals surface area contributed by atoms with Gasteiger partial charge in [-0.3, -0.25) is 4.79 Å². The Morgan fingerprint density at radius 3 is 2.47 bits per heavy atom. The van der Waals surface area contributed by atoms with E-state index in [1.54, 1.807) is 36.4 Å². The van der Waals surface area contributed by atoms with Crippen LogP contribution in [0, 0.1) is 12.7 Å². The Morgan fingerprint density at radius 1 is 1.03 bits per heavy atom. The van der Waals surface area contributed by atoms with Gasteiger partial charge in [-0.15, -0.1) is 0 Å². The summed E-state index contributed by atoms with van der Waals surface area (Å²) in [5.41, 5.74) is 3.64. The Morgan fingerprint density at radius 2 is 1.77 bits per heavy atom. The van der Waals surface area contributed by atoms with E-state index < -0.39 is 0 Å². The third-order valence-electron chi connectivity index (χ3n) is 5.08. The number of hydrogen-bond acceptors (Lipinski definition) is 4. The molecule has 0 radical (unpaired) electrons. The minimum absolute atomic E-state index is 0.0984. The van der Waals surface area contributed by atoms with E-state index in [4.69, 9.17) is 9.47 Å². The highest BCUT2D eigenvalue weighted by molar-refractivity contribution is 6.15. The molecule has 0 atom stereocenters. The summed E-state index contributed by atoms with van der Waals surface area (Å²) >= 11 is 0. The SMILES string of the molecule is Cc1c(OCc2ccccc2F)ccc2c1O/C(=C\c1ccc(N(C)C)cc1)C2=O. The fourth-order valence-corrected chi connectivity index (χ4v) is 3.32. The summed E-state index contributed by atoms with van der Waals surface area (Å²) in [4.78, 5) is 14.8. The minimum Gasteiger partial charge on any atom is -0.488 e. The Kier molecular flexibility index (Phi) is 5.27. The highest BCUT2D eigenvalue weighted by atomic mass is 19.1. The molecule has 1 heterocycles. The summed E-state index contributed by atoms with van der Waals surface area (Å²) in [6.45, 7) is 1.93. The summed E-state index contributed by atoms with van der Waals surface area (Å²) in [5.74, 6) is 0.847. The Bertz CT molecular complexity index is 1130. The number of ketones is 1. The molecule has 0 aromatic heterocycles. The van der Waals surface area contributed by atoms with Gasteiger partial charge in [-0.25, -0.2) is 4.39 Å². The van der Waals surface area contributed by atoms with Crippen LogP contribution in [0.2, 0.25) is 0 Å². The normalized spacial score (nSPS) is 13.9. The first-order valence-electron chi connectivity index (χ1n) is 9.65. The van der Waals surface area contributed by atoms with Crippen LogP contribution in [0.15, 0.2) is 66.4 Å². The molecule has 152 valence electrons. The van der Waals surface area contributed by atoms with Crippen LogP contribution in [-0.4, -0.2) is 19.9 Å². The number of rotatable bonds is 5. The number of allylic oxidation sites excluding steroid dienone is 1. The summed E-state index contributed by atoms with van der Waals surface area (Å²) in [5, 5.41) is 0. The van der Waals surface area contributed by atoms with Crippen LogP contribution in [-0.2, 0) is 6.61 Å². The van der Waals surface area contributed by atoms with Crippen molar-refractivity contribution in [3.63, 3.8) is 0 Å². The first-order valence-corrected chi connectivity index (χ1v) is 9.65. The lowest BCUT2D eigenvalue weighted by Crippen LogP contribution is -2.08. The Labute approximate surface area is 175 Å². The smallest absolute Gasteiger partial charge is 0.231 e. The van der Waals surface area contributed by atoms with Gasteiger partial charge < -0.3 is 14.4 Å². The van der Waals surface area contributed by atoms with Crippen LogP contribution >= 0.6 is 0 Å². The average molecular weight is 403 g/mol. The van der Waals surface area contributed by atoms with E-state index in [0.717, 1.165) is 11.3 Å². The number of fused-ring (bicyclic) bond motifs is 1. The second-order valence-corrected chi connectivity index (χ2v) is 7.37. The van der Waals surface area contributed by atoms with Crippen LogP contribution in [0.1, 0.15) is 27.0 Å². The zero-order valence-electron chi connectivity index (χ0n) is 17.1. The molecule has 0 amide bonds. The number of anilines is 1. The lowest BCUT2D eigenvalue weighted by Gasteiger charge is -2.12. The number of halogens is 1. The largest absolute Gasteiger partial charge is 0.488 e. The van der Waals surface area contributed by atoms with Crippen LogP contribution < -0.4 is 14.4 Å². The molecular formula is C25H22FNO3. The molecule has 4 rings (SSSR count). The van der Waals surface area contributed by atoms with E-state index in [1.165, 1.54) is 6.07 Å². The topological polar surface area (TPSA) is 38.8 Å². The monoisotopic (exact) mass is 403 g/mol. The molecule has 3 aromatic rings. The summed E-state index contributed by atoms with van der Waals surface area (Å²) < 4.78 is 25.5. The molecule has 1 aliphatic heterocycles. The highest BCUT2D eigenvalue weighted by Gasteiger charge is 2.30. The molecule has 0 fully saturated rings. The Balaban J connectivity index is 1.55. The number of carbonyl (C=O) groups excluding carboxylic acids is 1. The van der Waals surface area contributed by atoms with Gasteiger partial charge in [-0.2, -0.15) is 0 Å². The van der Waals surface area contributed by atoms with Gasteiger partial charge in [0.2, 0.25) is 5.78 Å². The molecule has 1 aliphatic rings. The highest BCUT2D eigenvalue weighted by Crippen LogP contribution is 2.39. The summed E-state index contributed by atoms with van der Waals surface area (Å²) in [7, 11) is 3.95. The van der Waals surface area contributed by atoms with Crippen LogP contribution in [0.3, 0.4) is 0 Å². The number of benzene rings is 3. The van der Waals surface area contributed by atoms with Crippen LogP contribution in [0.4, 0.5) is 10.1 Å².